The van der Waals surface area contributed by atoms with Crippen molar-refractivity contribution < 1.29 is 9.59 Å². The summed E-state index contributed by atoms with van der Waals surface area (Å²) in [4.78, 5) is 28.4. The van der Waals surface area contributed by atoms with Gasteiger partial charge >= 0.3 is 0 Å². The third-order valence-corrected chi connectivity index (χ3v) is 5.12. The molecule has 0 saturated carbocycles. The topological polar surface area (TPSA) is 73.8 Å². The van der Waals surface area contributed by atoms with Gasteiger partial charge in [0.05, 0.1) is 12.1 Å². The van der Waals surface area contributed by atoms with Crippen molar-refractivity contribution in [1.82, 2.24) is 4.98 Å². The van der Waals surface area contributed by atoms with Gasteiger partial charge in [0, 0.05) is 33.6 Å². The van der Waals surface area contributed by atoms with Crippen LogP contribution < -0.4 is 0 Å². The van der Waals surface area contributed by atoms with E-state index in [0.29, 0.717) is 34.7 Å². The van der Waals surface area contributed by atoms with Gasteiger partial charge in [-0.05, 0) is 42.2 Å². The van der Waals surface area contributed by atoms with Gasteiger partial charge in [0.15, 0.2) is 11.6 Å². The minimum Gasteiger partial charge on any atom is -0.352 e. The first-order valence-corrected chi connectivity index (χ1v) is 8.95. The molecule has 0 saturated heterocycles. The van der Waals surface area contributed by atoms with Crippen LogP contribution in [0.1, 0.15) is 51.2 Å². The number of aromatic nitrogens is 1. The number of ketones is 2. The van der Waals surface area contributed by atoms with E-state index in [4.69, 9.17) is 17.0 Å². The first-order valence-electron chi connectivity index (χ1n) is 8.58. The molecule has 4 rings (SSSR count). The van der Waals surface area contributed by atoms with Crippen molar-refractivity contribution in [2.75, 3.05) is 0 Å². The van der Waals surface area contributed by atoms with Crippen LogP contribution in [0.2, 0.25) is 5.02 Å². The molecule has 0 bridgehead atoms. The number of Topliss-reactive ketones (excluding diaryl/α,β-unsaturated/α-hetero) is 2. The van der Waals surface area contributed by atoms with Gasteiger partial charge in [0.2, 0.25) is 0 Å². The average Bonchev–Trinajstić information content (AvgIpc) is 2.92. The normalized spacial score (nSPS) is 13.7. The maximum atomic E-state index is 12.9. The SMILES string of the molecule is N=C(CC(=O)c1[nH]c2cccc3c2c1CCCC3=O)c1ccc(Cl)cc1. The van der Waals surface area contributed by atoms with Crippen LogP contribution in [0.15, 0.2) is 42.5 Å². The molecule has 2 aromatic carbocycles. The van der Waals surface area contributed by atoms with E-state index < -0.39 is 0 Å². The number of hydrogen-bond acceptors (Lipinski definition) is 3. The molecular weight excluding hydrogens is 348 g/mol. The summed E-state index contributed by atoms with van der Waals surface area (Å²) in [6, 6.07) is 12.5. The largest absolute Gasteiger partial charge is 0.352 e. The highest BCUT2D eigenvalue weighted by molar-refractivity contribution is 6.30. The quantitative estimate of drug-likeness (QED) is 0.506. The molecule has 5 heteroatoms. The van der Waals surface area contributed by atoms with Gasteiger partial charge in [0.25, 0.3) is 0 Å². The second-order valence-electron chi connectivity index (χ2n) is 6.57. The molecule has 0 radical (unpaired) electrons. The Bertz CT molecular complexity index is 1050. The molecule has 0 amide bonds. The van der Waals surface area contributed by atoms with Gasteiger partial charge < -0.3 is 10.4 Å². The highest BCUT2D eigenvalue weighted by Crippen LogP contribution is 2.32. The Hall–Kier alpha value is -2.72. The summed E-state index contributed by atoms with van der Waals surface area (Å²) in [5.41, 5.74) is 3.88. The number of hydrogen-bond donors (Lipinski definition) is 2. The van der Waals surface area contributed by atoms with Gasteiger partial charge in [-0.1, -0.05) is 35.9 Å². The van der Waals surface area contributed by atoms with E-state index in [1.807, 2.05) is 18.2 Å². The molecule has 1 aliphatic rings. The molecule has 2 N–H and O–H groups in total. The van der Waals surface area contributed by atoms with Crippen LogP contribution in [0.3, 0.4) is 0 Å². The summed E-state index contributed by atoms with van der Waals surface area (Å²) in [6.07, 6.45) is 1.93. The summed E-state index contributed by atoms with van der Waals surface area (Å²) in [5, 5.41) is 9.71. The molecule has 130 valence electrons. The predicted molar refractivity (Wildman–Crippen MR) is 103 cm³/mol. The van der Waals surface area contributed by atoms with E-state index >= 15 is 0 Å². The van der Waals surface area contributed by atoms with E-state index in [-0.39, 0.29) is 23.7 Å². The molecule has 26 heavy (non-hydrogen) atoms. The summed E-state index contributed by atoms with van der Waals surface area (Å²) in [7, 11) is 0. The van der Waals surface area contributed by atoms with Crippen LogP contribution in [0.5, 0.6) is 0 Å². The zero-order valence-corrected chi connectivity index (χ0v) is 14.8. The van der Waals surface area contributed by atoms with Crippen LogP contribution in [0.25, 0.3) is 10.9 Å². The van der Waals surface area contributed by atoms with Crippen molar-refractivity contribution in [3.05, 3.63) is 69.9 Å². The zero-order chi connectivity index (χ0) is 18.3. The van der Waals surface area contributed by atoms with Gasteiger partial charge in [-0.25, -0.2) is 0 Å². The lowest BCUT2D eigenvalue weighted by Crippen LogP contribution is -2.10. The van der Waals surface area contributed by atoms with Gasteiger partial charge in [0.1, 0.15) is 0 Å². The first-order chi connectivity index (χ1) is 12.5. The minimum absolute atomic E-state index is 0.00470. The highest BCUT2D eigenvalue weighted by atomic mass is 35.5. The minimum atomic E-state index is -0.128. The van der Waals surface area contributed by atoms with E-state index in [1.54, 1.807) is 24.3 Å². The molecule has 0 aliphatic heterocycles. The molecule has 0 unspecified atom stereocenters. The molecule has 0 spiro atoms. The van der Waals surface area contributed by atoms with E-state index in [9.17, 15) is 9.59 Å². The number of carbonyl (C=O) groups excluding carboxylic acids is 2. The van der Waals surface area contributed by atoms with E-state index in [1.165, 1.54) is 0 Å². The lowest BCUT2D eigenvalue weighted by molar-refractivity contribution is 0.0981. The summed E-state index contributed by atoms with van der Waals surface area (Å²) in [5.74, 6) is -0.00212. The molecule has 1 heterocycles. The fourth-order valence-electron chi connectivity index (χ4n) is 3.60. The lowest BCUT2D eigenvalue weighted by atomic mass is 9.99. The van der Waals surface area contributed by atoms with Gasteiger partial charge in [-0.3, -0.25) is 9.59 Å². The van der Waals surface area contributed by atoms with Crippen molar-refractivity contribution in [1.29, 1.82) is 5.41 Å². The van der Waals surface area contributed by atoms with Crippen LogP contribution in [0, 0.1) is 5.41 Å². The van der Waals surface area contributed by atoms with Crippen LogP contribution >= 0.6 is 11.6 Å². The van der Waals surface area contributed by atoms with E-state index in [0.717, 1.165) is 22.9 Å². The molecule has 0 fully saturated rings. The van der Waals surface area contributed by atoms with Crippen molar-refractivity contribution >= 4 is 39.8 Å². The van der Waals surface area contributed by atoms with E-state index in [2.05, 4.69) is 4.98 Å². The number of nitrogens with one attached hydrogen (secondary N) is 2. The Morgan fingerprint density at radius 1 is 1.12 bits per heavy atom. The molecular formula is C21H17ClN2O2. The highest BCUT2D eigenvalue weighted by Gasteiger charge is 2.25. The predicted octanol–water partition coefficient (Wildman–Crippen LogP) is 4.98. The van der Waals surface area contributed by atoms with Gasteiger partial charge in [-0.15, -0.1) is 0 Å². The van der Waals surface area contributed by atoms with Crippen molar-refractivity contribution in [3.8, 4) is 0 Å². The summed E-state index contributed by atoms with van der Waals surface area (Å²) < 4.78 is 0. The van der Waals surface area contributed by atoms with Crippen LogP contribution in [0.4, 0.5) is 0 Å². The number of carbonyl (C=O) groups is 2. The number of aryl methyl sites for hydroxylation is 1. The van der Waals surface area contributed by atoms with Crippen LogP contribution in [-0.4, -0.2) is 22.3 Å². The fraction of sp³-hybridized carbons (Fsp3) is 0.190. The maximum absolute atomic E-state index is 12.9. The number of halogens is 1. The number of rotatable bonds is 4. The molecule has 0 atom stereocenters. The monoisotopic (exact) mass is 364 g/mol. The standard InChI is InChI=1S/C21H17ClN2O2/c22-13-9-7-12(8-10-13)16(23)11-19(26)21-15-4-2-6-18(25)14-3-1-5-17(24-21)20(14)15/h1,3,5,7-10,23-24H,2,4,6,11H2. The first kappa shape index (κ1) is 16.7. The van der Waals surface area contributed by atoms with Crippen LogP contribution in [-0.2, 0) is 6.42 Å². The number of benzene rings is 2. The Morgan fingerprint density at radius 3 is 2.65 bits per heavy atom. The zero-order valence-electron chi connectivity index (χ0n) is 14.1. The third-order valence-electron chi connectivity index (χ3n) is 4.87. The fourth-order valence-corrected chi connectivity index (χ4v) is 3.73. The second kappa shape index (κ2) is 6.54. The number of H-pyrrole nitrogens is 1. The van der Waals surface area contributed by atoms with Crippen molar-refractivity contribution in [2.24, 2.45) is 0 Å². The Morgan fingerprint density at radius 2 is 1.88 bits per heavy atom. The summed E-state index contributed by atoms with van der Waals surface area (Å²) >= 11 is 5.88. The Labute approximate surface area is 155 Å². The van der Waals surface area contributed by atoms with Crippen molar-refractivity contribution in [3.63, 3.8) is 0 Å². The smallest absolute Gasteiger partial charge is 0.185 e. The average molecular weight is 365 g/mol. The maximum Gasteiger partial charge on any atom is 0.185 e. The summed E-state index contributed by atoms with van der Waals surface area (Å²) in [6.45, 7) is 0. The number of aromatic amines is 1. The molecule has 4 nitrogen and oxygen atoms in total. The molecule has 1 aliphatic carbocycles. The Kier molecular flexibility index (Phi) is 4.21. The van der Waals surface area contributed by atoms with Crippen molar-refractivity contribution in [2.45, 2.75) is 25.7 Å². The second-order valence-corrected chi connectivity index (χ2v) is 7.01. The Balaban J connectivity index is 1.70. The molecule has 3 aromatic rings. The third kappa shape index (κ3) is 2.86. The molecule has 1 aromatic heterocycles. The van der Waals surface area contributed by atoms with Gasteiger partial charge in [-0.2, -0.15) is 0 Å². The lowest BCUT2D eigenvalue weighted by Gasteiger charge is -2.05.